The van der Waals surface area contributed by atoms with Crippen molar-refractivity contribution in [2.75, 3.05) is 6.26 Å². The molecule has 2 heterocycles. The van der Waals surface area contributed by atoms with Crippen LogP contribution in [-0.4, -0.2) is 21.3 Å². The number of pyridine rings is 2. The van der Waals surface area contributed by atoms with Gasteiger partial charge in [0.15, 0.2) is 0 Å². The zero-order valence-corrected chi connectivity index (χ0v) is 13.0. The van der Waals surface area contributed by atoms with Gasteiger partial charge >= 0.3 is 0 Å². The summed E-state index contributed by atoms with van der Waals surface area (Å²) >= 11 is 1.64. The van der Waals surface area contributed by atoms with Gasteiger partial charge in [-0.2, -0.15) is 11.8 Å². The van der Waals surface area contributed by atoms with Crippen LogP contribution in [0.15, 0.2) is 36.7 Å². The molecule has 1 N–H and O–H groups in total. The molecule has 0 aromatic carbocycles. The van der Waals surface area contributed by atoms with Crippen molar-refractivity contribution in [3.8, 4) is 11.4 Å². The van der Waals surface area contributed by atoms with Gasteiger partial charge < -0.3 is 5.11 Å². The van der Waals surface area contributed by atoms with Crippen LogP contribution in [0.5, 0.6) is 0 Å². The SMILES string of the molecule is CSC1c2cccnc2-c2ncccc2C1O.[Eu]. The largest absolute Gasteiger partial charge is 0.387 e. The Hall–Kier alpha value is 0.194. The minimum absolute atomic E-state index is 0. The van der Waals surface area contributed by atoms with Crippen LogP contribution >= 0.6 is 11.8 Å². The zero-order chi connectivity index (χ0) is 11.8. The van der Waals surface area contributed by atoms with Crippen molar-refractivity contribution in [1.29, 1.82) is 0 Å². The Morgan fingerprint density at radius 1 is 1.06 bits per heavy atom. The van der Waals surface area contributed by atoms with Gasteiger partial charge in [-0.1, -0.05) is 12.1 Å². The van der Waals surface area contributed by atoms with Gasteiger partial charge in [-0.3, -0.25) is 9.97 Å². The summed E-state index contributed by atoms with van der Waals surface area (Å²) in [5.74, 6) is 0. The summed E-state index contributed by atoms with van der Waals surface area (Å²) in [6, 6.07) is 7.70. The molecular formula is C13H12EuN2OS. The van der Waals surface area contributed by atoms with E-state index < -0.39 is 6.10 Å². The number of thioether (sulfide) groups is 1. The fourth-order valence-electron chi connectivity index (χ4n) is 2.29. The maximum atomic E-state index is 10.4. The molecule has 1 aliphatic rings. The monoisotopic (exact) mass is 397 g/mol. The second-order valence-corrected chi connectivity index (χ2v) is 4.96. The summed E-state index contributed by atoms with van der Waals surface area (Å²) in [5, 5.41) is 10.4. The molecule has 0 saturated carbocycles. The van der Waals surface area contributed by atoms with Crippen LogP contribution in [0.3, 0.4) is 0 Å². The third-order valence-electron chi connectivity index (χ3n) is 3.07. The van der Waals surface area contributed by atoms with Crippen molar-refractivity contribution in [3.63, 3.8) is 0 Å². The fourth-order valence-corrected chi connectivity index (χ4v) is 3.14. The Labute approximate surface area is 151 Å². The normalized spacial score (nSPS) is 20.6. The Bertz CT molecular complexity index is 564. The second-order valence-electron chi connectivity index (χ2n) is 3.98. The fraction of sp³-hybridized carbons (Fsp3) is 0.231. The number of hydrogen-bond donors (Lipinski definition) is 1. The molecule has 0 amide bonds. The van der Waals surface area contributed by atoms with Crippen LogP contribution in [0.2, 0.25) is 0 Å². The average molecular weight is 396 g/mol. The van der Waals surface area contributed by atoms with Crippen molar-refractivity contribution in [1.82, 2.24) is 9.97 Å². The zero-order valence-electron chi connectivity index (χ0n) is 9.75. The molecule has 0 saturated heterocycles. The summed E-state index contributed by atoms with van der Waals surface area (Å²) in [5.41, 5.74) is 3.64. The minimum atomic E-state index is -0.509. The number of hydrogen-bond acceptors (Lipinski definition) is 4. The van der Waals surface area contributed by atoms with Crippen LogP contribution in [0.4, 0.5) is 0 Å². The molecule has 5 heteroatoms. The van der Waals surface area contributed by atoms with Gasteiger partial charge in [0.2, 0.25) is 0 Å². The number of aliphatic hydroxyl groups excluding tert-OH is 1. The first-order valence-corrected chi connectivity index (χ1v) is 6.73. The maximum Gasteiger partial charge on any atom is 0.0971 e. The van der Waals surface area contributed by atoms with E-state index >= 15 is 0 Å². The molecule has 0 spiro atoms. The summed E-state index contributed by atoms with van der Waals surface area (Å²) in [6.45, 7) is 0. The van der Waals surface area contributed by atoms with E-state index in [4.69, 9.17) is 0 Å². The molecule has 93 valence electrons. The van der Waals surface area contributed by atoms with E-state index in [1.54, 1.807) is 24.2 Å². The van der Waals surface area contributed by atoms with E-state index in [0.29, 0.717) is 0 Å². The molecule has 2 unspecified atom stereocenters. The van der Waals surface area contributed by atoms with Crippen LogP contribution < -0.4 is 0 Å². The molecule has 2 aromatic heterocycles. The van der Waals surface area contributed by atoms with Crippen molar-refractivity contribution in [3.05, 3.63) is 47.8 Å². The molecule has 2 aromatic rings. The van der Waals surface area contributed by atoms with E-state index in [2.05, 4.69) is 9.97 Å². The van der Waals surface area contributed by atoms with Gasteiger partial charge in [0.05, 0.1) is 22.7 Å². The molecular weight excluding hydrogens is 384 g/mol. The van der Waals surface area contributed by atoms with E-state index in [-0.39, 0.29) is 54.6 Å². The van der Waals surface area contributed by atoms with Crippen molar-refractivity contribution in [2.45, 2.75) is 11.4 Å². The molecule has 1 aliphatic carbocycles. The van der Waals surface area contributed by atoms with E-state index in [1.165, 1.54) is 0 Å². The third-order valence-corrected chi connectivity index (χ3v) is 4.09. The first-order chi connectivity index (χ1) is 8.33. The van der Waals surface area contributed by atoms with Gasteiger partial charge in [0, 0.05) is 67.3 Å². The summed E-state index contributed by atoms with van der Waals surface area (Å²) < 4.78 is 0. The van der Waals surface area contributed by atoms with Crippen molar-refractivity contribution < 1.29 is 54.5 Å². The van der Waals surface area contributed by atoms with Crippen LogP contribution in [0.1, 0.15) is 22.5 Å². The number of rotatable bonds is 1. The third kappa shape index (κ3) is 2.31. The van der Waals surface area contributed by atoms with Crippen LogP contribution in [0, 0.1) is 49.4 Å². The van der Waals surface area contributed by atoms with Crippen LogP contribution in [-0.2, 0) is 0 Å². The number of aliphatic hydroxyl groups is 1. The standard InChI is InChI=1S/C13H12N2OS.Eu/c1-17-13-9-5-3-7-15-11(9)10-8(12(13)16)4-2-6-14-10;/h2-7,12-13,16H,1H3;. The molecule has 18 heavy (non-hydrogen) atoms. The molecule has 0 bridgehead atoms. The van der Waals surface area contributed by atoms with Crippen molar-refractivity contribution >= 4 is 11.8 Å². The van der Waals surface area contributed by atoms with Gasteiger partial charge in [0.1, 0.15) is 0 Å². The van der Waals surface area contributed by atoms with E-state index in [9.17, 15) is 5.11 Å². The van der Waals surface area contributed by atoms with Gasteiger partial charge in [-0.15, -0.1) is 0 Å². The first-order valence-electron chi connectivity index (χ1n) is 5.44. The molecule has 0 fully saturated rings. The molecule has 0 aliphatic heterocycles. The summed E-state index contributed by atoms with van der Waals surface area (Å²) in [7, 11) is 0. The quantitative estimate of drug-likeness (QED) is 0.805. The Kier molecular flexibility index (Phi) is 4.95. The Morgan fingerprint density at radius 3 is 2.22 bits per heavy atom. The van der Waals surface area contributed by atoms with Gasteiger partial charge in [-0.25, -0.2) is 0 Å². The Balaban J connectivity index is 0.00000120. The Morgan fingerprint density at radius 2 is 1.61 bits per heavy atom. The van der Waals surface area contributed by atoms with Crippen LogP contribution in [0.25, 0.3) is 11.4 Å². The van der Waals surface area contributed by atoms with Gasteiger partial charge in [0.25, 0.3) is 0 Å². The first kappa shape index (κ1) is 14.6. The summed E-state index contributed by atoms with van der Waals surface area (Å²) in [4.78, 5) is 8.75. The molecule has 3 rings (SSSR count). The molecule has 2 atom stereocenters. The number of aromatic nitrogens is 2. The number of fused-ring (bicyclic) bond motifs is 3. The van der Waals surface area contributed by atoms with Gasteiger partial charge in [-0.05, 0) is 24.0 Å². The van der Waals surface area contributed by atoms with E-state index in [1.807, 2.05) is 30.5 Å². The van der Waals surface area contributed by atoms with E-state index in [0.717, 1.165) is 22.5 Å². The smallest absolute Gasteiger partial charge is 0.0971 e. The minimum Gasteiger partial charge on any atom is -0.387 e. The molecule has 1 radical (unpaired) electrons. The predicted octanol–water partition coefficient (Wildman–Crippen LogP) is 2.59. The topological polar surface area (TPSA) is 46.0 Å². The number of nitrogens with zero attached hydrogens (tertiary/aromatic N) is 2. The average Bonchev–Trinajstić information content (AvgIpc) is 2.40. The molecule has 3 nitrogen and oxygen atoms in total. The van der Waals surface area contributed by atoms with Crippen molar-refractivity contribution in [2.24, 2.45) is 0 Å². The second kappa shape index (κ2) is 6.10. The maximum absolute atomic E-state index is 10.4. The predicted molar refractivity (Wildman–Crippen MR) is 68.7 cm³/mol. The summed E-state index contributed by atoms with van der Waals surface area (Å²) in [6.07, 6.45) is 5.01.